The predicted molar refractivity (Wildman–Crippen MR) is 75.6 cm³/mol. The molecule has 20 heavy (non-hydrogen) atoms. The molecule has 0 aliphatic rings. The molecule has 4 heteroatoms. The summed E-state index contributed by atoms with van der Waals surface area (Å²) in [5, 5.41) is 9.04. The van der Waals surface area contributed by atoms with Gasteiger partial charge in [0.25, 0.3) is 0 Å². The highest BCUT2D eigenvalue weighted by atomic mass is 16.5. The Hall–Kier alpha value is -2.49. The van der Waals surface area contributed by atoms with Crippen molar-refractivity contribution in [3.63, 3.8) is 0 Å². The second-order valence-electron chi connectivity index (χ2n) is 4.39. The Balaban J connectivity index is 2.26. The Morgan fingerprint density at radius 1 is 1.10 bits per heavy atom. The number of ether oxygens (including phenoxy) is 2. The van der Waals surface area contributed by atoms with Gasteiger partial charge >= 0.3 is 5.97 Å². The van der Waals surface area contributed by atoms with E-state index in [2.05, 4.69) is 0 Å². The average Bonchev–Trinajstić information content (AvgIpc) is 2.47. The number of para-hydroxylation sites is 2. The van der Waals surface area contributed by atoms with E-state index < -0.39 is 11.9 Å². The monoisotopic (exact) mass is 272 g/mol. The smallest absolute Gasteiger partial charge is 0.310 e. The van der Waals surface area contributed by atoms with Crippen LogP contribution in [0.2, 0.25) is 0 Å². The molecule has 2 rings (SSSR count). The van der Waals surface area contributed by atoms with Crippen molar-refractivity contribution < 1.29 is 19.4 Å². The zero-order valence-electron chi connectivity index (χ0n) is 11.4. The number of methoxy groups -OCH3 is 1. The maximum absolute atomic E-state index is 11.0. The molecule has 1 atom stereocenters. The van der Waals surface area contributed by atoms with E-state index >= 15 is 0 Å². The van der Waals surface area contributed by atoms with Crippen LogP contribution < -0.4 is 9.47 Å². The molecule has 0 aliphatic heterocycles. The number of benzene rings is 2. The topological polar surface area (TPSA) is 55.8 Å². The zero-order valence-corrected chi connectivity index (χ0v) is 11.4. The summed E-state index contributed by atoms with van der Waals surface area (Å²) in [6.45, 7) is 1.64. The van der Waals surface area contributed by atoms with Gasteiger partial charge in [-0.2, -0.15) is 0 Å². The fourth-order valence-corrected chi connectivity index (χ4v) is 1.82. The normalized spacial score (nSPS) is 11.7. The maximum atomic E-state index is 11.0. The molecule has 104 valence electrons. The van der Waals surface area contributed by atoms with Crippen LogP contribution in [0.15, 0.2) is 48.5 Å². The third kappa shape index (κ3) is 3.09. The number of carbonyl (C=O) groups is 1. The van der Waals surface area contributed by atoms with Crippen molar-refractivity contribution in [3.8, 4) is 17.2 Å². The fourth-order valence-electron chi connectivity index (χ4n) is 1.82. The Kier molecular flexibility index (Phi) is 4.25. The third-order valence-electron chi connectivity index (χ3n) is 3.03. The standard InChI is InChI=1S/C16H16O4/c1-11(16(17)18)12-6-5-7-13(10-12)20-15-9-4-3-8-14(15)19-2/h3-11H,1-2H3,(H,17,18)/t11-/m1/s1. The Morgan fingerprint density at radius 2 is 1.80 bits per heavy atom. The number of hydrogen-bond acceptors (Lipinski definition) is 3. The number of hydrogen-bond donors (Lipinski definition) is 1. The van der Waals surface area contributed by atoms with Crippen molar-refractivity contribution in [1.82, 2.24) is 0 Å². The van der Waals surface area contributed by atoms with Crippen molar-refractivity contribution in [2.45, 2.75) is 12.8 Å². The number of carboxylic acids is 1. The van der Waals surface area contributed by atoms with Gasteiger partial charge in [0, 0.05) is 0 Å². The number of aliphatic carboxylic acids is 1. The van der Waals surface area contributed by atoms with Crippen LogP contribution in [0.25, 0.3) is 0 Å². The number of rotatable bonds is 5. The molecule has 0 unspecified atom stereocenters. The second kappa shape index (κ2) is 6.10. The lowest BCUT2D eigenvalue weighted by Gasteiger charge is -2.12. The summed E-state index contributed by atoms with van der Waals surface area (Å²) in [5.74, 6) is 0.370. The largest absolute Gasteiger partial charge is 0.493 e. The lowest BCUT2D eigenvalue weighted by Crippen LogP contribution is -2.07. The molecular formula is C16H16O4. The minimum atomic E-state index is -0.862. The first kappa shape index (κ1) is 13.9. The van der Waals surface area contributed by atoms with Crippen LogP contribution in [0.5, 0.6) is 17.2 Å². The predicted octanol–water partition coefficient (Wildman–Crippen LogP) is 3.68. The lowest BCUT2D eigenvalue weighted by atomic mass is 10.0. The van der Waals surface area contributed by atoms with Gasteiger partial charge in [0.15, 0.2) is 11.5 Å². The van der Waals surface area contributed by atoms with Gasteiger partial charge in [0.05, 0.1) is 13.0 Å². The number of carboxylic acid groups (broad SMARTS) is 1. The van der Waals surface area contributed by atoms with Crippen LogP contribution in [0.1, 0.15) is 18.4 Å². The molecule has 1 N–H and O–H groups in total. The van der Waals surface area contributed by atoms with Crippen LogP contribution in [0.3, 0.4) is 0 Å². The average molecular weight is 272 g/mol. The van der Waals surface area contributed by atoms with Gasteiger partial charge in [-0.15, -0.1) is 0 Å². The maximum Gasteiger partial charge on any atom is 0.310 e. The van der Waals surface area contributed by atoms with Crippen molar-refractivity contribution in [2.75, 3.05) is 7.11 Å². The van der Waals surface area contributed by atoms with Gasteiger partial charge in [0.1, 0.15) is 5.75 Å². The molecule has 0 heterocycles. The van der Waals surface area contributed by atoms with Gasteiger partial charge in [-0.1, -0.05) is 24.3 Å². The zero-order chi connectivity index (χ0) is 14.5. The minimum absolute atomic E-state index is 0.573. The molecule has 0 radical (unpaired) electrons. The first-order valence-electron chi connectivity index (χ1n) is 6.25. The molecule has 0 fully saturated rings. The van der Waals surface area contributed by atoms with E-state index in [0.717, 1.165) is 0 Å². The fraction of sp³-hybridized carbons (Fsp3) is 0.188. The Labute approximate surface area is 117 Å². The molecular weight excluding hydrogens is 256 g/mol. The molecule has 0 amide bonds. The van der Waals surface area contributed by atoms with Crippen LogP contribution in [-0.2, 0) is 4.79 Å². The summed E-state index contributed by atoms with van der Waals surface area (Å²) in [6, 6.07) is 14.4. The molecule has 0 saturated carbocycles. The van der Waals surface area contributed by atoms with E-state index in [1.807, 2.05) is 12.1 Å². The minimum Gasteiger partial charge on any atom is -0.493 e. The lowest BCUT2D eigenvalue weighted by molar-refractivity contribution is -0.138. The van der Waals surface area contributed by atoms with E-state index in [9.17, 15) is 4.79 Å². The highest BCUT2D eigenvalue weighted by Gasteiger charge is 2.14. The van der Waals surface area contributed by atoms with Crippen LogP contribution >= 0.6 is 0 Å². The van der Waals surface area contributed by atoms with Crippen molar-refractivity contribution in [3.05, 3.63) is 54.1 Å². The summed E-state index contributed by atoms with van der Waals surface area (Å²) >= 11 is 0. The SMILES string of the molecule is COc1ccccc1Oc1cccc([C@@H](C)C(=O)O)c1. The highest BCUT2D eigenvalue weighted by Crippen LogP contribution is 2.32. The highest BCUT2D eigenvalue weighted by molar-refractivity contribution is 5.75. The van der Waals surface area contributed by atoms with E-state index in [-0.39, 0.29) is 0 Å². The van der Waals surface area contributed by atoms with E-state index in [1.165, 1.54) is 0 Å². The van der Waals surface area contributed by atoms with Crippen molar-refractivity contribution in [1.29, 1.82) is 0 Å². The van der Waals surface area contributed by atoms with Crippen molar-refractivity contribution >= 4 is 5.97 Å². The van der Waals surface area contributed by atoms with Crippen LogP contribution in [0.4, 0.5) is 0 Å². The second-order valence-corrected chi connectivity index (χ2v) is 4.39. The summed E-state index contributed by atoms with van der Waals surface area (Å²) in [5.41, 5.74) is 0.699. The first-order chi connectivity index (χ1) is 9.61. The van der Waals surface area contributed by atoms with Crippen LogP contribution in [-0.4, -0.2) is 18.2 Å². The first-order valence-corrected chi connectivity index (χ1v) is 6.25. The van der Waals surface area contributed by atoms with Gasteiger partial charge in [-0.05, 0) is 36.8 Å². The molecule has 0 saturated heterocycles. The van der Waals surface area contributed by atoms with E-state index in [0.29, 0.717) is 22.8 Å². The summed E-state index contributed by atoms with van der Waals surface area (Å²) in [6.07, 6.45) is 0. The molecule has 0 aliphatic carbocycles. The molecule has 0 spiro atoms. The van der Waals surface area contributed by atoms with E-state index in [1.54, 1.807) is 50.4 Å². The van der Waals surface area contributed by atoms with Crippen LogP contribution in [0, 0.1) is 0 Å². The summed E-state index contributed by atoms with van der Waals surface area (Å²) in [7, 11) is 1.57. The molecule has 4 nitrogen and oxygen atoms in total. The van der Waals surface area contributed by atoms with Gasteiger partial charge in [-0.3, -0.25) is 4.79 Å². The Bertz CT molecular complexity index is 607. The summed E-state index contributed by atoms with van der Waals surface area (Å²) in [4.78, 5) is 11.0. The van der Waals surface area contributed by atoms with E-state index in [4.69, 9.17) is 14.6 Å². The molecule has 2 aromatic carbocycles. The molecule has 2 aromatic rings. The molecule has 0 bridgehead atoms. The summed E-state index contributed by atoms with van der Waals surface area (Å²) < 4.78 is 11.0. The third-order valence-corrected chi connectivity index (χ3v) is 3.03. The van der Waals surface area contributed by atoms with Gasteiger partial charge < -0.3 is 14.6 Å². The Morgan fingerprint density at radius 3 is 2.45 bits per heavy atom. The van der Waals surface area contributed by atoms with Gasteiger partial charge in [-0.25, -0.2) is 0 Å². The van der Waals surface area contributed by atoms with Gasteiger partial charge in [0.2, 0.25) is 0 Å². The quantitative estimate of drug-likeness (QED) is 0.902. The molecule has 0 aromatic heterocycles. The van der Waals surface area contributed by atoms with Crippen molar-refractivity contribution in [2.24, 2.45) is 0 Å².